The van der Waals surface area contributed by atoms with Crippen molar-refractivity contribution in [2.75, 3.05) is 5.73 Å². The van der Waals surface area contributed by atoms with Gasteiger partial charge in [0.25, 0.3) is 0 Å². The molecule has 1 heterocycles. The first-order chi connectivity index (χ1) is 9.08. The zero-order chi connectivity index (χ0) is 13.8. The van der Waals surface area contributed by atoms with E-state index in [4.69, 9.17) is 5.73 Å². The largest absolute Gasteiger partial charge is 0.383 e. The van der Waals surface area contributed by atoms with Crippen molar-refractivity contribution >= 4 is 21.7 Å². The molecule has 0 radical (unpaired) electrons. The normalized spacial score (nSPS) is 10.9. The molecule has 0 saturated carbocycles. The summed E-state index contributed by atoms with van der Waals surface area (Å²) in [6, 6.07) is 10.0. The van der Waals surface area contributed by atoms with Crippen LogP contribution in [-0.2, 0) is 6.42 Å². The standard InChI is InChI=1S/C15H18BrN3/c1-10(2)8-9-12-18-14(13(16)15(17)19-12)11-6-4-3-5-7-11/h3-7,10H,8-9H2,1-2H3,(H2,17,18,19). The van der Waals surface area contributed by atoms with Gasteiger partial charge in [-0.3, -0.25) is 0 Å². The topological polar surface area (TPSA) is 51.8 Å². The van der Waals surface area contributed by atoms with Crippen LogP contribution in [0.5, 0.6) is 0 Å². The number of nitrogens with two attached hydrogens (primary N) is 1. The molecule has 1 aromatic carbocycles. The van der Waals surface area contributed by atoms with Crippen molar-refractivity contribution in [1.82, 2.24) is 9.97 Å². The monoisotopic (exact) mass is 319 g/mol. The van der Waals surface area contributed by atoms with Gasteiger partial charge in [0, 0.05) is 12.0 Å². The first kappa shape index (κ1) is 14.0. The Bertz CT molecular complexity index is 553. The molecule has 0 aliphatic carbocycles. The van der Waals surface area contributed by atoms with Crippen LogP contribution in [0, 0.1) is 5.92 Å². The van der Waals surface area contributed by atoms with Crippen molar-refractivity contribution in [1.29, 1.82) is 0 Å². The zero-order valence-electron chi connectivity index (χ0n) is 11.2. The van der Waals surface area contributed by atoms with E-state index in [2.05, 4.69) is 39.7 Å². The van der Waals surface area contributed by atoms with Crippen molar-refractivity contribution in [3.8, 4) is 11.3 Å². The highest BCUT2D eigenvalue weighted by Gasteiger charge is 2.12. The summed E-state index contributed by atoms with van der Waals surface area (Å²) in [5, 5.41) is 0. The first-order valence-electron chi connectivity index (χ1n) is 6.45. The summed E-state index contributed by atoms with van der Waals surface area (Å²) < 4.78 is 0.770. The van der Waals surface area contributed by atoms with Crippen LogP contribution in [0.25, 0.3) is 11.3 Å². The molecular formula is C15H18BrN3. The van der Waals surface area contributed by atoms with E-state index in [1.54, 1.807) is 0 Å². The summed E-state index contributed by atoms with van der Waals surface area (Å²) in [5.74, 6) is 1.95. The van der Waals surface area contributed by atoms with E-state index in [-0.39, 0.29) is 0 Å². The van der Waals surface area contributed by atoms with Crippen molar-refractivity contribution in [2.24, 2.45) is 5.92 Å². The zero-order valence-corrected chi connectivity index (χ0v) is 12.8. The van der Waals surface area contributed by atoms with Gasteiger partial charge in [0.15, 0.2) is 0 Å². The summed E-state index contributed by atoms with van der Waals surface area (Å²) in [7, 11) is 0. The summed E-state index contributed by atoms with van der Waals surface area (Å²) in [6.07, 6.45) is 1.92. The van der Waals surface area contributed by atoms with Crippen molar-refractivity contribution in [3.63, 3.8) is 0 Å². The average Bonchev–Trinajstić information content (AvgIpc) is 2.41. The molecule has 2 aromatic rings. The highest BCUT2D eigenvalue weighted by Crippen LogP contribution is 2.30. The third-order valence-corrected chi connectivity index (χ3v) is 3.70. The lowest BCUT2D eigenvalue weighted by Crippen LogP contribution is -2.04. The van der Waals surface area contributed by atoms with Gasteiger partial charge in [-0.15, -0.1) is 0 Å². The number of hydrogen-bond acceptors (Lipinski definition) is 3. The molecule has 0 fully saturated rings. The highest BCUT2D eigenvalue weighted by atomic mass is 79.9. The Morgan fingerprint density at radius 3 is 2.47 bits per heavy atom. The summed E-state index contributed by atoms with van der Waals surface area (Å²) in [5.41, 5.74) is 7.88. The minimum Gasteiger partial charge on any atom is -0.383 e. The number of nitrogen functional groups attached to an aromatic ring is 1. The molecule has 2 N–H and O–H groups in total. The SMILES string of the molecule is CC(C)CCc1nc(N)c(Br)c(-c2ccccc2)n1. The molecule has 4 heteroatoms. The summed E-state index contributed by atoms with van der Waals surface area (Å²) in [4.78, 5) is 8.99. The summed E-state index contributed by atoms with van der Waals surface area (Å²) in [6.45, 7) is 4.39. The molecule has 0 spiro atoms. The molecule has 0 saturated heterocycles. The Hall–Kier alpha value is -1.42. The van der Waals surface area contributed by atoms with Crippen LogP contribution in [0.2, 0.25) is 0 Å². The van der Waals surface area contributed by atoms with E-state index >= 15 is 0 Å². The van der Waals surface area contributed by atoms with Gasteiger partial charge in [-0.1, -0.05) is 44.2 Å². The number of rotatable bonds is 4. The Balaban J connectivity index is 2.38. The number of halogens is 1. The average molecular weight is 320 g/mol. The van der Waals surface area contributed by atoms with Gasteiger partial charge < -0.3 is 5.73 Å². The second-order valence-electron chi connectivity index (χ2n) is 4.99. The van der Waals surface area contributed by atoms with Crippen molar-refractivity contribution < 1.29 is 0 Å². The fraction of sp³-hybridized carbons (Fsp3) is 0.333. The van der Waals surface area contributed by atoms with Crippen molar-refractivity contribution in [2.45, 2.75) is 26.7 Å². The Morgan fingerprint density at radius 2 is 1.84 bits per heavy atom. The Kier molecular flexibility index (Phi) is 4.53. The van der Waals surface area contributed by atoms with E-state index in [1.165, 1.54) is 0 Å². The second kappa shape index (κ2) is 6.15. The molecule has 0 bridgehead atoms. The lowest BCUT2D eigenvalue weighted by molar-refractivity contribution is 0.575. The molecule has 0 amide bonds. The molecule has 19 heavy (non-hydrogen) atoms. The molecule has 0 unspecified atom stereocenters. The van der Waals surface area contributed by atoms with Gasteiger partial charge in [0.2, 0.25) is 0 Å². The lowest BCUT2D eigenvalue weighted by atomic mass is 10.1. The van der Waals surface area contributed by atoms with Gasteiger partial charge in [-0.05, 0) is 28.3 Å². The fourth-order valence-electron chi connectivity index (χ4n) is 1.83. The second-order valence-corrected chi connectivity index (χ2v) is 5.78. The number of nitrogens with zero attached hydrogens (tertiary/aromatic N) is 2. The van der Waals surface area contributed by atoms with Gasteiger partial charge in [-0.2, -0.15) is 0 Å². The number of aromatic nitrogens is 2. The summed E-state index contributed by atoms with van der Waals surface area (Å²) >= 11 is 3.48. The number of benzene rings is 1. The molecule has 3 nitrogen and oxygen atoms in total. The van der Waals surface area contributed by atoms with Crippen molar-refractivity contribution in [3.05, 3.63) is 40.6 Å². The highest BCUT2D eigenvalue weighted by molar-refractivity contribution is 9.10. The van der Waals surface area contributed by atoms with E-state index in [9.17, 15) is 0 Å². The Labute approximate surface area is 122 Å². The van der Waals surface area contributed by atoms with E-state index < -0.39 is 0 Å². The molecule has 0 aliphatic heterocycles. The van der Waals surface area contributed by atoms with Crippen LogP contribution in [0.15, 0.2) is 34.8 Å². The van der Waals surface area contributed by atoms with Crippen LogP contribution >= 0.6 is 15.9 Å². The minimum atomic E-state index is 0.507. The quantitative estimate of drug-likeness (QED) is 0.923. The molecular weight excluding hydrogens is 302 g/mol. The van der Waals surface area contributed by atoms with Gasteiger partial charge >= 0.3 is 0 Å². The smallest absolute Gasteiger partial charge is 0.142 e. The Morgan fingerprint density at radius 1 is 1.16 bits per heavy atom. The van der Waals surface area contributed by atoms with E-state index in [0.717, 1.165) is 34.4 Å². The maximum Gasteiger partial charge on any atom is 0.142 e. The third-order valence-electron chi connectivity index (χ3n) is 2.92. The molecule has 100 valence electrons. The van der Waals surface area contributed by atoms with E-state index in [1.807, 2.05) is 30.3 Å². The van der Waals surface area contributed by atoms with Crippen LogP contribution < -0.4 is 5.73 Å². The van der Waals surface area contributed by atoms with Crippen LogP contribution in [0.1, 0.15) is 26.1 Å². The van der Waals surface area contributed by atoms with Crippen LogP contribution in [0.3, 0.4) is 0 Å². The van der Waals surface area contributed by atoms with Crippen LogP contribution in [0.4, 0.5) is 5.82 Å². The maximum absolute atomic E-state index is 5.97. The number of hydrogen-bond donors (Lipinski definition) is 1. The molecule has 0 aliphatic rings. The number of aryl methyl sites for hydroxylation is 1. The minimum absolute atomic E-state index is 0.507. The maximum atomic E-state index is 5.97. The first-order valence-corrected chi connectivity index (χ1v) is 7.24. The molecule has 0 atom stereocenters. The lowest BCUT2D eigenvalue weighted by Gasteiger charge is -2.10. The molecule has 2 rings (SSSR count). The van der Waals surface area contributed by atoms with Gasteiger partial charge in [0.05, 0.1) is 10.2 Å². The predicted octanol–water partition coefficient (Wildman–Crippen LogP) is 4.08. The van der Waals surface area contributed by atoms with Gasteiger partial charge in [0.1, 0.15) is 11.6 Å². The van der Waals surface area contributed by atoms with E-state index in [0.29, 0.717) is 11.7 Å². The third kappa shape index (κ3) is 3.53. The fourth-order valence-corrected chi connectivity index (χ4v) is 2.24. The van der Waals surface area contributed by atoms with Crippen LogP contribution in [-0.4, -0.2) is 9.97 Å². The molecule has 1 aromatic heterocycles. The van der Waals surface area contributed by atoms with Gasteiger partial charge in [-0.25, -0.2) is 9.97 Å². The number of anilines is 1. The predicted molar refractivity (Wildman–Crippen MR) is 82.7 cm³/mol.